The van der Waals surface area contributed by atoms with Gasteiger partial charge in [0.15, 0.2) is 0 Å². The van der Waals surface area contributed by atoms with E-state index in [-0.39, 0.29) is 4.47 Å². The van der Waals surface area contributed by atoms with Crippen LogP contribution in [0.4, 0.5) is 24.8 Å². The SMILES string of the molecule is FC(F)(F)c1cc(Br)c2nc(Nc3ccc(SN4C=c5cnsc5=CC4)cc3)[nH]c2c1. The molecule has 0 unspecified atom stereocenters. The van der Waals surface area contributed by atoms with E-state index in [1.54, 1.807) is 11.9 Å². The molecule has 0 aliphatic carbocycles. The largest absolute Gasteiger partial charge is 0.416 e. The zero-order valence-electron chi connectivity index (χ0n) is 15.6. The fourth-order valence-corrected chi connectivity index (χ4v) is 5.15. The van der Waals surface area contributed by atoms with Crippen LogP contribution in [-0.4, -0.2) is 25.2 Å². The van der Waals surface area contributed by atoms with Crippen molar-refractivity contribution in [3.05, 3.63) is 62.4 Å². The van der Waals surface area contributed by atoms with Crippen molar-refractivity contribution in [2.75, 3.05) is 11.9 Å². The van der Waals surface area contributed by atoms with Gasteiger partial charge in [0.1, 0.15) is 5.52 Å². The molecule has 0 saturated heterocycles. The van der Waals surface area contributed by atoms with Crippen LogP contribution in [0.2, 0.25) is 0 Å². The second-order valence-corrected chi connectivity index (χ2v) is 9.57. The van der Waals surface area contributed by atoms with Crippen LogP contribution in [0.15, 0.2) is 52.0 Å². The number of aromatic nitrogens is 3. The molecule has 158 valence electrons. The highest BCUT2D eigenvalue weighted by atomic mass is 79.9. The molecule has 0 amide bonds. The van der Waals surface area contributed by atoms with Gasteiger partial charge in [-0.15, -0.1) is 0 Å². The van der Waals surface area contributed by atoms with Crippen molar-refractivity contribution >= 4 is 74.4 Å². The first-order valence-corrected chi connectivity index (χ1v) is 11.4. The predicted octanol–water partition coefficient (Wildman–Crippen LogP) is 5.09. The lowest BCUT2D eigenvalue weighted by molar-refractivity contribution is -0.137. The molecule has 5 rings (SSSR count). The molecular formula is C20H13BrF3N5S2. The van der Waals surface area contributed by atoms with E-state index in [0.29, 0.717) is 17.0 Å². The van der Waals surface area contributed by atoms with Gasteiger partial charge in [-0.25, -0.2) is 4.98 Å². The molecule has 5 nitrogen and oxygen atoms in total. The summed E-state index contributed by atoms with van der Waals surface area (Å²) in [5.74, 6) is 0.367. The number of hydrogen-bond donors (Lipinski definition) is 2. The van der Waals surface area contributed by atoms with Crippen molar-refractivity contribution in [1.29, 1.82) is 0 Å². The lowest BCUT2D eigenvalue weighted by Crippen LogP contribution is -2.28. The lowest BCUT2D eigenvalue weighted by atomic mass is 10.2. The summed E-state index contributed by atoms with van der Waals surface area (Å²) in [6.07, 6.45) is 1.67. The number of nitrogens with one attached hydrogen (secondary N) is 2. The van der Waals surface area contributed by atoms with Crippen molar-refractivity contribution in [3.8, 4) is 0 Å². The van der Waals surface area contributed by atoms with Crippen molar-refractivity contribution in [2.45, 2.75) is 11.1 Å². The van der Waals surface area contributed by atoms with Gasteiger partial charge in [0, 0.05) is 33.0 Å². The summed E-state index contributed by atoms with van der Waals surface area (Å²) < 4.78 is 46.9. The number of rotatable bonds is 4. The van der Waals surface area contributed by atoms with Gasteiger partial charge in [-0.2, -0.15) is 17.5 Å². The molecule has 4 aromatic rings. The third-order valence-electron chi connectivity index (χ3n) is 4.57. The van der Waals surface area contributed by atoms with E-state index in [1.165, 1.54) is 16.1 Å². The standard InChI is InChI=1S/C20H13BrF3N5S2/c21-15-7-12(20(22,23)24)8-16-18(15)28-19(27-16)26-13-1-3-14(4-2-13)31-29-6-5-17-11(10-29)9-25-30-17/h1-5,7-10H,6H2,(H2,26,27,28). The number of hydrogen-bond acceptors (Lipinski definition) is 6. The zero-order valence-corrected chi connectivity index (χ0v) is 18.8. The van der Waals surface area contributed by atoms with Gasteiger partial charge in [-0.05, 0) is 81.9 Å². The number of aromatic amines is 1. The Labute approximate surface area is 191 Å². The van der Waals surface area contributed by atoms with Gasteiger partial charge in [0.2, 0.25) is 5.95 Å². The first kappa shape index (κ1) is 20.4. The summed E-state index contributed by atoms with van der Waals surface area (Å²) in [5, 5.41) is 4.22. The molecule has 0 spiro atoms. The molecule has 3 heterocycles. The quantitative estimate of drug-likeness (QED) is 0.365. The monoisotopic (exact) mass is 523 g/mol. The van der Waals surface area contributed by atoms with Crippen LogP contribution in [0.5, 0.6) is 0 Å². The van der Waals surface area contributed by atoms with E-state index in [2.05, 4.69) is 52.2 Å². The Kier molecular flexibility index (Phi) is 5.19. The lowest BCUT2D eigenvalue weighted by Gasteiger charge is -2.18. The summed E-state index contributed by atoms with van der Waals surface area (Å²) in [4.78, 5) is 8.32. The second-order valence-electron chi connectivity index (χ2n) is 6.76. The summed E-state index contributed by atoms with van der Waals surface area (Å²) >= 11 is 6.28. The topological polar surface area (TPSA) is 56.8 Å². The van der Waals surface area contributed by atoms with E-state index < -0.39 is 11.7 Å². The van der Waals surface area contributed by atoms with E-state index in [0.717, 1.165) is 34.5 Å². The van der Waals surface area contributed by atoms with Crippen molar-refractivity contribution in [1.82, 2.24) is 18.6 Å². The minimum Gasteiger partial charge on any atom is -0.326 e. The highest BCUT2D eigenvalue weighted by Gasteiger charge is 2.31. The Morgan fingerprint density at radius 2 is 2.00 bits per heavy atom. The molecule has 2 N–H and O–H groups in total. The van der Waals surface area contributed by atoms with Crippen LogP contribution in [-0.2, 0) is 6.18 Å². The minimum absolute atomic E-state index is 0.284. The fraction of sp³-hybridized carbons (Fsp3) is 0.100. The molecule has 0 atom stereocenters. The highest BCUT2D eigenvalue weighted by Crippen LogP contribution is 2.35. The van der Waals surface area contributed by atoms with Crippen molar-refractivity contribution in [2.24, 2.45) is 0 Å². The van der Waals surface area contributed by atoms with Crippen molar-refractivity contribution in [3.63, 3.8) is 0 Å². The summed E-state index contributed by atoms with van der Waals surface area (Å²) in [5.41, 5.74) is 0.770. The third kappa shape index (κ3) is 4.30. The van der Waals surface area contributed by atoms with Gasteiger partial charge in [0.25, 0.3) is 0 Å². The van der Waals surface area contributed by atoms with Crippen LogP contribution in [0.1, 0.15) is 5.56 Å². The molecule has 2 aromatic heterocycles. The Balaban J connectivity index is 1.31. The van der Waals surface area contributed by atoms with E-state index in [1.807, 2.05) is 30.5 Å². The average Bonchev–Trinajstić information content (AvgIpc) is 3.35. The van der Waals surface area contributed by atoms with Gasteiger partial charge < -0.3 is 14.6 Å². The van der Waals surface area contributed by atoms with Gasteiger partial charge in [-0.3, -0.25) is 0 Å². The van der Waals surface area contributed by atoms with Crippen LogP contribution in [0.25, 0.3) is 23.3 Å². The minimum atomic E-state index is -4.42. The number of H-pyrrole nitrogens is 1. The first-order valence-electron chi connectivity index (χ1n) is 9.06. The molecule has 0 fully saturated rings. The maximum absolute atomic E-state index is 13.0. The molecule has 31 heavy (non-hydrogen) atoms. The second kappa shape index (κ2) is 7.88. The zero-order chi connectivity index (χ0) is 21.6. The van der Waals surface area contributed by atoms with Gasteiger partial charge in [-0.1, -0.05) is 0 Å². The molecular weight excluding hydrogens is 511 g/mol. The summed E-state index contributed by atoms with van der Waals surface area (Å²) in [6.45, 7) is 0.799. The molecule has 1 aliphatic heterocycles. The molecule has 0 radical (unpaired) electrons. The van der Waals surface area contributed by atoms with E-state index in [9.17, 15) is 13.2 Å². The van der Waals surface area contributed by atoms with Crippen LogP contribution < -0.4 is 15.1 Å². The van der Waals surface area contributed by atoms with Gasteiger partial charge in [0.05, 0.1) is 21.8 Å². The van der Waals surface area contributed by atoms with E-state index >= 15 is 0 Å². The third-order valence-corrected chi connectivity index (χ3v) is 6.96. The van der Waals surface area contributed by atoms with Crippen molar-refractivity contribution < 1.29 is 13.2 Å². The van der Waals surface area contributed by atoms with Gasteiger partial charge >= 0.3 is 6.18 Å². The molecule has 11 heteroatoms. The summed E-state index contributed by atoms with van der Waals surface area (Å²) in [6, 6.07) is 9.83. The maximum atomic E-state index is 13.0. The predicted molar refractivity (Wildman–Crippen MR) is 121 cm³/mol. The van der Waals surface area contributed by atoms with Crippen LogP contribution >= 0.6 is 39.4 Å². The maximum Gasteiger partial charge on any atom is 0.416 e. The highest BCUT2D eigenvalue weighted by molar-refractivity contribution is 9.10. The number of nitrogens with zero attached hydrogens (tertiary/aromatic N) is 3. The Bertz CT molecular complexity index is 1380. The average molecular weight is 524 g/mol. The fourth-order valence-electron chi connectivity index (χ4n) is 3.12. The molecule has 2 aromatic carbocycles. The number of anilines is 2. The molecule has 1 aliphatic rings. The first-order chi connectivity index (χ1) is 14.8. The van der Waals surface area contributed by atoms with E-state index in [4.69, 9.17) is 0 Å². The number of imidazole rings is 1. The molecule has 0 bridgehead atoms. The number of fused-ring (bicyclic) bond motifs is 2. The Morgan fingerprint density at radius 1 is 1.19 bits per heavy atom. The van der Waals surface area contributed by atoms with Crippen LogP contribution in [0.3, 0.4) is 0 Å². The number of benzene rings is 2. The Hall–Kier alpha value is -2.50. The smallest absolute Gasteiger partial charge is 0.326 e. The molecule has 0 saturated carbocycles. The van der Waals surface area contributed by atoms with Crippen LogP contribution in [0, 0.1) is 0 Å². The number of halogens is 4. The number of alkyl halides is 3. The normalized spacial score (nSPS) is 13.6. The summed E-state index contributed by atoms with van der Waals surface area (Å²) in [7, 11) is 0. The Morgan fingerprint density at radius 3 is 2.77 bits per heavy atom.